The Labute approximate surface area is 141 Å². The second kappa shape index (κ2) is 7.21. The highest BCUT2D eigenvalue weighted by molar-refractivity contribution is 8.00. The summed E-state index contributed by atoms with van der Waals surface area (Å²) in [4.78, 5) is 16.7. The molecule has 6 heteroatoms. The predicted molar refractivity (Wildman–Crippen MR) is 92.9 cm³/mol. The molecule has 126 valence electrons. The first-order chi connectivity index (χ1) is 11.1. The Bertz CT molecular complexity index is 542. The standard InChI is InChI=1S/C17H25N3O2S/c18-15(12-21)16(22)19-8-4-7-17(13-19)20(9-10-23-17)11-14-5-2-1-3-6-14/h1-3,5-6,15,21H,4,7-13,18H2/t15-,17?/m0/s1. The molecule has 2 atom stereocenters. The number of hydrogen-bond acceptors (Lipinski definition) is 5. The second-order valence-electron chi connectivity index (χ2n) is 6.35. The van der Waals surface area contributed by atoms with Crippen molar-refractivity contribution in [1.29, 1.82) is 0 Å². The molecule has 1 aromatic carbocycles. The van der Waals surface area contributed by atoms with Crippen LogP contribution in [0.25, 0.3) is 0 Å². The maximum absolute atomic E-state index is 12.3. The Kier molecular flexibility index (Phi) is 5.26. The fraction of sp³-hybridized carbons (Fsp3) is 0.588. The molecule has 23 heavy (non-hydrogen) atoms. The zero-order valence-electron chi connectivity index (χ0n) is 13.4. The fourth-order valence-corrected chi connectivity index (χ4v) is 5.11. The van der Waals surface area contributed by atoms with Crippen molar-refractivity contribution in [2.24, 2.45) is 5.73 Å². The van der Waals surface area contributed by atoms with E-state index in [4.69, 9.17) is 10.8 Å². The minimum absolute atomic E-state index is 0.00106. The second-order valence-corrected chi connectivity index (χ2v) is 7.81. The molecular formula is C17H25N3O2S. The van der Waals surface area contributed by atoms with Gasteiger partial charge in [-0.25, -0.2) is 0 Å². The molecule has 0 radical (unpaired) electrons. The third-order valence-electron chi connectivity index (χ3n) is 4.78. The van der Waals surface area contributed by atoms with Crippen molar-refractivity contribution in [3.63, 3.8) is 0 Å². The van der Waals surface area contributed by atoms with E-state index < -0.39 is 6.04 Å². The van der Waals surface area contributed by atoms with Crippen molar-refractivity contribution >= 4 is 17.7 Å². The number of piperidine rings is 1. The van der Waals surface area contributed by atoms with Crippen LogP contribution in [0, 0.1) is 0 Å². The van der Waals surface area contributed by atoms with E-state index in [1.54, 1.807) is 0 Å². The number of carbonyl (C=O) groups excluding carboxylic acids is 1. The van der Waals surface area contributed by atoms with E-state index in [-0.39, 0.29) is 17.4 Å². The molecule has 2 aliphatic heterocycles. The van der Waals surface area contributed by atoms with E-state index in [2.05, 4.69) is 29.2 Å². The summed E-state index contributed by atoms with van der Waals surface area (Å²) in [6.45, 7) is 3.13. The molecule has 0 aromatic heterocycles. The Morgan fingerprint density at radius 2 is 2.13 bits per heavy atom. The van der Waals surface area contributed by atoms with E-state index in [9.17, 15) is 4.79 Å². The number of hydrogen-bond donors (Lipinski definition) is 2. The molecule has 3 N–H and O–H groups in total. The highest BCUT2D eigenvalue weighted by Gasteiger charge is 2.45. The van der Waals surface area contributed by atoms with Crippen LogP contribution in [0.15, 0.2) is 30.3 Å². The zero-order valence-corrected chi connectivity index (χ0v) is 14.2. The Balaban J connectivity index is 1.72. The van der Waals surface area contributed by atoms with E-state index in [1.165, 1.54) is 5.56 Å². The van der Waals surface area contributed by atoms with Gasteiger partial charge in [-0.05, 0) is 18.4 Å². The molecule has 5 nitrogen and oxygen atoms in total. The van der Waals surface area contributed by atoms with Crippen LogP contribution in [-0.4, -0.2) is 63.7 Å². The molecule has 2 aliphatic rings. The predicted octanol–water partition coefficient (Wildman–Crippen LogP) is 0.874. The van der Waals surface area contributed by atoms with Gasteiger partial charge in [0.1, 0.15) is 6.04 Å². The third-order valence-corrected chi connectivity index (χ3v) is 6.30. The summed E-state index contributed by atoms with van der Waals surface area (Å²) in [6.07, 6.45) is 2.09. The normalized spacial score (nSPS) is 26.6. The molecule has 1 unspecified atom stereocenters. The molecule has 1 aromatic rings. The number of amides is 1. The summed E-state index contributed by atoms with van der Waals surface area (Å²) in [5.74, 6) is 0.972. The van der Waals surface area contributed by atoms with Gasteiger partial charge in [0.2, 0.25) is 5.91 Å². The smallest absolute Gasteiger partial charge is 0.241 e. The van der Waals surface area contributed by atoms with E-state index in [1.807, 2.05) is 22.7 Å². The largest absolute Gasteiger partial charge is 0.394 e. The Morgan fingerprint density at radius 1 is 1.35 bits per heavy atom. The average Bonchev–Trinajstić information content (AvgIpc) is 2.96. The van der Waals surface area contributed by atoms with E-state index >= 15 is 0 Å². The van der Waals surface area contributed by atoms with Gasteiger partial charge in [0.15, 0.2) is 0 Å². The minimum atomic E-state index is -0.792. The van der Waals surface area contributed by atoms with Crippen molar-refractivity contribution in [3.8, 4) is 0 Å². The van der Waals surface area contributed by atoms with Gasteiger partial charge in [-0.15, -0.1) is 11.8 Å². The Morgan fingerprint density at radius 3 is 2.87 bits per heavy atom. The van der Waals surface area contributed by atoms with Gasteiger partial charge < -0.3 is 15.7 Å². The lowest BCUT2D eigenvalue weighted by Crippen LogP contribution is -2.58. The highest BCUT2D eigenvalue weighted by atomic mass is 32.2. The molecule has 0 aliphatic carbocycles. The number of thioether (sulfide) groups is 1. The van der Waals surface area contributed by atoms with Crippen molar-refractivity contribution in [2.45, 2.75) is 30.3 Å². The molecule has 0 bridgehead atoms. The van der Waals surface area contributed by atoms with Crippen LogP contribution in [0.2, 0.25) is 0 Å². The summed E-state index contributed by atoms with van der Waals surface area (Å²) in [5, 5.41) is 9.15. The first-order valence-electron chi connectivity index (χ1n) is 8.23. The maximum Gasteiger partial charge on any atom is 0.241 e. The van der Waals surface area contributed by atoms with Gasteiger partial charge in [-0.2, -0.15) is 0 Å². The number of aliphatic hydroxyl groups excluding tert-OH is 1. The number of benzene rings is 1. The van der Waals surface area contributed by atoms with Crippen molar-refractivity contribution in [2.75, 3.05) is 32.0 Å². The van der Waals surface area contributed by atoms with Crippen molar-refractivity contribution in [3.05, 3.63) is 35.9 Å². The summed E-state index contributed by atoms with van der Waals surface area (Å²) in [6, 6.07) is 9.70. The topological polar surface area (TPSA) is 69.8 Å². The lowest BCUT2D eigenvalue weighted by atomic mass is 10.0. The highest BCUT2D eigenvalue weighted by Crippen LogP contribution is 2.43. The lowest BCUT2D eigenvalue weighted by Gasteiger charge is -2.45. The lowest BCUT2D eigenvalue weighted by molar-refractivity contribution is -0.136. The molecule has 1 spiro atoms. The number of nitrogens with two attached hydrogens (primary N) is 1. The minimum Gasteiger partial charge on any atom is -0.394 e. The average molecular weight is 335 g/mol. The van der Waals surface area contributed by atoms with Crippen LogP contribution in [0.4, 0.5) is 0 Å². The van der Waals surface area contributed by atoms with Gasteiger partial charge in [0.05, 0.1) is 11.5 Å². The first-order valence-corrected chi connectivity index (χ1v) is 9.21. The van der Waals surface area contributed by atoms with Gasteiger partial charge in [0.25, 0.3) is 0 Å². The molecule has 2 heterocycles. The quantitative estimate of drug-likeness (QED) is 0.855. The summed E-state index contributed by atoms with van der Waals surface area (Å²) >= 11 is 1.96. The number of rotatable bonds is 4. The molecule has 0 saturated carbocycles. The van der Waals surface area contributed by atoms with Crippen LogP contribution >= 0.6 is 11.8 Å². The molecular weight excluding hydrogens is 310 g/mol. The number of nitrogens with zero attached hydrogens (tertiary/aromatic N) is 2. The first kappa shape index (κ1) is 16.8. The molecule has 2 fully saturated rings. The summed E-state index contributed by atoms with van der Waals surface area (Å²) < 4.78 is 0. The van der Waals surface area contributed by atoms with Crippen LogP contribution in [-0.2, 0) is 11.3 Å². The van der Waals surface area contributed by atoms with Crippen LogP contribution < -0.4 is 5.73 Å². The van der Waals surface area contributed by atoms with E-state index in [0.29, 0.717) is 6.54 Å². The SMILES string of the molecule is N[C@@H](CO)C(=O)N1CCCC2(C1)SCCN2Cc1ccccc1. The van der Waals surface area contributed by atoms with Crippen LogP contribution in [0.5, 0.6) is 0 Å². The van der Waals surface area contributed by atoms with Crippen molar-refractivity contribution in [1.82, 2.24) is 9.80 Å². The zero-order chi connectivity index (χ0) is 16.3. The molecule has 3 rings (SSSR count). The van der Waals surface area contributed by atoms with E-state index in [0.717, 1.165) is 38.2 Å². The Hall–Kier alpha value is -1.08. The van der Waals surface area contributed by atoms with Gasteiger partial charge >= 0.3 is 0 Å². The third kappa shape index (κ3) is 3.55. The maximum atomic E-state index is 12.3. The van der Waals surface area contributed by atoms with Crippen molar-refractivity contribution < 1.29 is 9.90 Å². The van der Waals surface area contributed by atoms with Crippen LogP contribution in [0.1, 0.15) is 18.4 Å². The number of likely N-dealkylation sites (tertiary alicyclic amines) is 1. The number of carbonyl (C=O) groups is 1. The number of aliphatic hydroxyl groups is 1. The molecule has 1 amide bonds. The molecule has 2 saturated heterocycles. The van der Waals surface area contributed by atoms with Gasteiger partial charge in [-0.1, -0.05) is 30.3 Å². The summed E-state index contributed by atoms with van der Waals surface area (Å²) in [7, 11) is 0. The monoisotopic (exact) mass is 335 g/mol. The van der Waals surface area contributed by atoms with Gasteiger partial charge in [-0.3, -0.25) is 9.69 Å². The van der Waals surface area contributed by atoms with Gasteiger partial charge in [0, 0.05) is 31.9 Å². The van der Waals surface area contributed by atoms with Crippen LogP contribution in [0.3, 0.4) is 0 Å². The fourth-order valence-electron chi connectivity index (χ4n) is 3.55. The summed E-state index contributed by atoms with van der Waals surface area (Å²) in [5.41, 5.74) is 7.04.